The number of nitrogens with zero attached hydrogens (tertiary/aromatic N) is 3. The molecule has 1 aromatic heterocycles. The van der Waals surface area contributed by atoms with E-state index < -0.39 is 0 Å². The number of rotatable bonds is 2. The molecule has 0 spiro atoms. The van der Waals surface area contributed by atoms with E-state index in [0.29, 0.717) is 5.17 Å². The number of aromatic nitrogens is 2. The molecule has 1 amide bonds. The molecule has 104 valence electrons. The van der Waals surface area contributed by atoms with E-state index in [1.807, 2.05) is 24.3 Å². The van der Waals surface area contributed by atoms with Gasteiger partial charge in [0.05, 0.1) is 17.6 Å². The first-order chi connectivity index (χ1) is 9.66. The number of nitrogens with one attached hydrogen (secondary N) is 1. The van der Waals surface area contributed by atoms with Crippen LogP contribution in [-0.2, 0) is 18.4 Å². The minimum absolute atomic E-state index is 0.000231. The maximum absolute atomic E-state index is 12.2. The molecule has 0 unspecified atom stereocenters. The molecule has 0 aliphatic carbocycles. The summed E-state index contributed by atoms with van der Waals surface area (Å²) in [4.78, 5) is 28.3. The molecule has 0 atom stereocenters. The monoisotopic (exact) mass is 290 g/mol. The average molecular weight is 290 g/mol. The number of imidazole rings is 1. The number of benzene rings is 1. The number of hydrogen-bond acceptors (Lipinski definition) is 4. The maximum atomic E-state index is 12.2. The van der Waals surface area contributed by atoms with E-state index in [-0.39, 0.29) is 18.1 Å². The van der Waals surface area contributed by atoms with E-state index >= 15 is 0 Å². The first-order valence-electron chi connectivity index (χ1n) is 6.28. The summed E-state index contributed by atoms with van der Waals surface area (Å²) in [6.45, 7) is 0.730. The Kier molecular flexibility index (Phi) is 3.35. The number of aliphatic imine (C=N–C) groups is 1. The first kappa shape index (κ1) is 13.0. The summed E-state index contributed by atoms with van der Waals surface area (Å²) in [5.74, 6) is 0.667. The van der Waals surface area contributed by atoms with Crippen LogP contribution in [0.3, 0.4) is 0 Å². The van der Waals surface area contributed by atoms with Gasteiger partial charge in [0.2, 0.25) is 5.91 Å². The standard InChI is InChI=1S/C13H14N4O2S/c1-16-9-4-2-3-5-10(9)17(13(16)19)8-11(18)15-12-14-6-7-20-12/h2-5H,6-8H2,1H3,(H,14,15,18). The van der Waals surface area contributed by atoms with Crippen LogP contribution >= 0.6 is 11.8 Å². The molecular formula is C13H14N4O2S. The van der Waals surface area contributed by atoms with Gasteiger partial charge in [-0.3, -0.25) is 18.9 Å². The zero-order valence-corrected chi connectivity index (χ0v) is 11.8. The van der Waals surface area contributed by atoms with Crippen LogP contribution in [0.5, 0.6) is 0 Å². The summed E-state index contributed by atoms with van der Waals surface area (Å²) in [5, 5.41) is 3.38. The summed E-state index contributed by atoms with van der Waals surface area (Å²) in [7, 11) is 1.70. The van der Waals surface area contributed by atoms with Crippen molar-refractivity contribution in [2.24, 2.45) is 12.0 Å². The molecule has 6 nitrogen and oxygen atoms in total. The van der Waals surface area contributed by atoms with Crippen molar-refractivity contribution in [2.75, 3.05) is 12.3 Å². The number of carbonyl (C=O) groups is 1. The van der Waals surface area contributed by atoms with Gasteiger partial charge in [-0.15, -0.1) is 0 Å². The Bertz CT molecular complexity index is 759. The Morgan fingerprint density at radius 2 is 2.15 bits per heavy atom. The zero-order chi connectivity index (χ0) is 14.1. The quantitative estimate of drug-likeness (QED) is 0.878. The van der Waals surface area contributed by atoms with Gasteiger partial charge in [-0.05, 0) is 12.1 Å². The van der Waals surface area contributed by atoms with Gasteiger partial charge in [0.1, 0.15) is 6.54 Å². The summed E-state index contributed by atoms with van der Waals surface area (Å²) >= 11 is 1.52. The molecular weight excluding hydrogens is 276 g/mol. The van der Waals surface area contributed by atoms with E-state index in [9.17, 15) is 9.59 Å². The highest BCUT2D eigenvalue weighted by molar-refractivity contribution is 8.14. The van der Waals surface area contributed by atoms with Gasteiger partial charge >= 0.3 is 5.69 Å². The van der Waals surface area contributed by atoms with E-state index in [4.69, 9.17) is 0 Å². The highest BCUT2D eigenvalue weighted by Gasteiger charge is 2.15. The highest BCUT2D eigenvalue weighted by atomic mass is 32.2. The molecule has 1 N–H and O–H groups in total. The zero-order valence-electron chi connectivity index (χ0n) is 11.0. The molecule has 0 fully saturated rings. The van der Waals surface area contributed by atoms with E-state index in [1.54, 1.807) is 11.6 Å². The second-order valence-corrected chi connectivity index (χ2v) is 5.58. The fourth-order valence-corrected chi connectivity index (χ4v) is 2.97. The van der Waals surface area contributed by atoms with Crippen LogP contribution in [0, 0.1) is 0 Å². The van der Waals surface area contributed by atoms with E-state index in [2.05, 4.69) is 10.3 Å². The summed E-state index contributed by atoms with van der Waals surface area (Å²) in [6, 6.07) is 7.43. The lowest BCUT2D eigenvalue weighted by molar-refractivity contribution is -0.120. The molecule has 1 aliphatic rings. The smallest absolute Gasteiger partial charge is 0.304 e. The predicted molar refractivity (Wildman–Crippen MR) is 80.1 cm³/mol. The van der Waals surface area contributed by atoms with Crippen LogP contribution in [0.2, 0.25) is 0 Å². The number of thioether (sulfide) groups is 1. The molecule has 7 heteroatoms. The highest BCUT2D eigenvalue weighted by Crippen LogP contribution is 2.12. The molecule has 20 heavy (non-hydrogen) atoms. The molecule has 0 saturated carbocycles. The molecule has 0 bridgehead atoms. The summed E-state index contributed by atoms with van der Waals surface area (Å²) < 4.78 is 3.02. The van der Waals surface area contributed by atoms with Gasteiger partial charge in [-0.25, -0.2) is 4.79 Å². The average Bonchev–Trinajstić information content (AvgIpc) is 3.03. The Hall–Kier alpha value is -2.02. The fourth-order valence-electron chi connectivity index (χ4n) is 2.23. The van der Waals surface area contributed by atoms with Crippen LogP contribution in [0.1, 0.15) is 0 Å². The largest absolute Gasteiger partial charge is 0.329 e. The minimum Gasteiger partial charge on any atom is -0.304 e. The Morgan fingerprint density at radius 1 is 1.40 bits per heavy atom. The van der Waals surface area contributed by atoms with Crippen molar-refractivity contribution in [3.63, 3.8) is 0 Å². The lowest BCUT2D eigenvalue weighted by Gasteiger charge is -2.05. The van der Waals surface area contributed by atoms with E-state index in [0.717, 1.165) is 23.3 Å². The number of aryl methyl sites for hydroxylation is 1. The number of fused-ring (bicyclic) bond motifs is 1. The Labute approximate surface area is 119 Å². The van der Waals surface area contributed by atoms with Crippen molar-refractivity contribution in [3.8, 4) is 0 Å². The van der Waals surface area contributed by atoms with E-state index in [1.165, 1.54) is 16.3 Å². The van der Waals surface area contributed by atoms with Gasteiger partial charge in [0.15, 0.2) is 5.17 Å². The molecule has 1 aromatic carbocycles. The number of amidine groups is 1. The molecule has 1 aliphatic heterocycles. The molecule has 0 saturated heterocycles. The first-order valence-corrected chi connectivity index (χ1v) is 7.27. The SMILES string of the molecule is Cn1c(=O)n(CC(=O)NC2=NCCS2)c2ccccc21. The number of carbonyl (C=O) groups excluding carboxylic acids is 1. The van der Waals surface area contributed by atoms with Crippen LogP contribution in [0.4, 0.5) is 0 Å². The number of amides is 1. The lowest BCUT2D eigenvalue weighted by Crippen LogP contribution is -2.34. The maximum Gasteiger partial charge on any atom is 0.329 e. The second kappa shape index (κ2) is 5.16. The lowest BCUT2D eigenvalue weighted by atomic mass is 10.3. The molecule has 0 radical (unpaired) electrons. The third-order valence-electron chi connectivity index (χ3n) is 3.19. The van der Waals surface area contributed by atoms with Crippen molar-refractivity contribution in [3.05, 3.63) is 34.7 Å². The van der Waals surface area contributed by atoms with Crippen molar-refractivity contribution < 1.29 is 4.79 Å². The van der Waals surface area contributed by atoms with Crippen molar-refractivity contribution in [2.45, 2.75) is 6.54 Å². The number of para-hydroxylation sites is 2. The van der Waals surface area contributed by atoms with Gasteiger partial charge in [0.25, 0.3) is 0 Å². The van der Waals surface area contributed by atoms with Crippen LogP contribution in [0.15, 0.2) is 34.1 Å². The third kappa shape index (κ3) is 2.24. The Morgan fingerprint density at radius 3 is 2.85 bits per heavy atom. The van der Waals surface area contributed by atoms with Crippen molar-refractivity contribution in [1.29, 1.82) is 0 Å². The summed E-state index contributed by atoms with van der Waals surface area (Å²) in [5.41, 5.74) is 1.39. The topological polar surface area (TPSA) is 68.4 Å². The van der Waals surface area contributed by atoms with Crippen LogP contribution in [0.25, 0.3) is 11.0 Å². The van der Waals surface area contributed by atoms with Crippen molar-refractivity contribution in [1.82, 2.24) is 14.5 Å². The number of hydrogen-bond donors (Lipinski definition) is 1. The van der Waals surface area contributed by atoms with Gasteiger partial charge in [-0.2, -0.15) is 0 Å². The minimum atomic E-state index is -0.225. The van der Waals surface area contributed by atoms with Crippen LogP contribution in [-0.4, -0.2) is 32.5 Å². The molecule has 2 aromatic rings. The van der Waals surface area contributed by atoms with Gasteiger partial charge < -0.3 is 5.32 Å². The van der Waals surface area contributed by atoms with Gasteiger partial charge in [0, 0.05) is 12.8 Å². The normalized spacial score (nSPS) is 14.6. The molecule has 2 heterocycles. The predicted octanol–water partition coefficient (Wildman–Crippen LogP) is 0.559. The Balaban J connectivity index is 1.89. The van der Waals surface area contributed by atoms with Crippen LogP contribution < -0.4 is 11.0 Å². The third-order valence-corrected chi connectivity index (χ3v) is 4.08. The molecule has 3 rings (SSSR count). The second-order valence-electron chi connectivity index (χ2n) is 4.50. The fraction of sp³-hybridized carbons (Fsp3) is 0.308. The van der Waals surface area contributed by atoms with Gasteiger partial charge in [-0.1, -0.05) is 23.9 Å². The van der Waals surface area contributed by atoms with Crippen molar-refractivity contribution >= 4 is 33.9 Å². The summed E-state index contributed by atoms with van der Waals surface area (Å²) in [6.07, 6.45) is 0.